The van der Waals surface area contributed by atoms with Crippen molar-refractivity contribution in [3.05, 3.63) is 34.3 Å². The van der Waals surface area contributed by atoms with Crippen molar-refractivity contribution in [2.45, 2.75) is 13.0 Å². The molecule has 1 aliphatic heterocycles. The Hall–Kier alpha value is -0.380. The molecular weight excluding hydrogens is 254 g/mol. The summed E-state index contributed by atoms with van der Waals surface area (Å²) in [7, 11) is 0. The van der Waals surface area contributed by atoms with Crippen LogP contribution in [-0.4, -0.2) is 19.7 Å². The maximum atomic E-state index is 5.70. The number of benzene rings is 1. The molecule has 15 heavy (non-hydrogen) atoms. The van der Waals surface area contributed by atoms with E-state index in [1.165, 1.54) is 12.0 Å². The number of hydrogen-bond acceptors (Lipinski definition) is 2. The van der Waals surface area contributed by atoms with Crippen LogP contribution in [0.2, 0.25) is 0 Å². The molecule has 0 saturated carbocycles. The summed E-state index contributed by atoms with van der Waals surface area (Å²) < 4.78 is 6.81. The largest absolute Gasteiger partial charge is 0.376 e. The van der Waals surface area contributed by atoms with E-state index in [1.54, 1.807) is 0 Å². The van der Waals surface area contributed by atoms with Gasteiger partial charge in [-0.15, -0.1) is 0 Å². The lowest BCUT2D eigenvalue weighted by Gasteiger charge is -2.09. The van der Waals surface area contributed by atoms with Crippen LogP contribution in [0.5, 0.6) is 0 Å². The van der Waals surface area contributed by atoms with Gasteiger partial charge in [0.1, 0.15) is 0 Å². The smallest absolute Gasteiger partial charge is 0.0717 e. The van der Waals surface area contributed by atoms with E-state index < -0.39 is 0 Å². The van der Waals surface area contributed by atoms with Gasteiger partial charge in [0.15, 0.2) is 0 Å². The van der Waals surface area contributed by atoms with Crippen LogP contribution >= 0.6 is 15.9 Å². The first-order valence-electron chi connectivity index (χ1n) is 5.37. The molecule has 0 bridgehead atoms. The van der Waals surface area contributed by atoms with Crippen molar-refractivity contribution in [1.29, 1.82) is 0 Å². The molecule has 1 saturated heterocycles. The minimum absolute atomic E-state index is 0.706. The zero-order valence-corrected chi connectivity index (χ0v) is 10.3. The molecule has 0 radical (unpaired) electrons. The van der Waals surface area contributed by atoms with Crippen molar-refractivity contribution in [1.82, 2.24) is 5.32 Å². The molecule has 1 aromatic carbocycles. The molecular formula is C12H16BrNO. The molecule has 3 heteroatoms. The second kappa shape index (κ2) is 5.64. The zero-order chi connectivity index (χ0) is 10.5. The minimum Gasteiger partial charge on any atom is -0.376 e. The normalized spacial score (nSPS) is 20.7. The first-order chi connectivity index (χ1) is 7.34. The quantitative estimate of drug-likeness (QED) is 0.908. The average molecular weight is 270 g/mol. The maximum Gasteiger partial charge on any atom is 0.0717 e. The van der Waals surface area contributed by atoms with Gasteiger partial charge in [-0.3, -0.25) is 0 Å². The molecule has 1 fully saturated rings. The summed E-state index contributed by atoms with van der Waals surface area (Å²) in [6, 6.07) is 8.27. The number of halogens is 1. The number of hydrogen-bond donors (Lipinski definition) is 1. The van der Waals surface area contributed by atoms with Gasteiger partial charge < -0.3 is 10.1 Å². The van der Waals surface area contributed by atoms with Gasteiger partial charge in [-0.05, 0) is 36.6 Å². The van der Waals surface area contributed by atoms with Crippen molar-refractivity contribution in [3.8, 4) is 0 Å². The highest BCUT2D eigenvalue weighted by Crippen LogP contribution is 2.13. The molecule has 1 aromatic rings. The summed E-state index contributed by atoms with van der Waals surface area (Å²) in [5, 5.41) is 3.34. The summed E-state index contributed by atoms with van der Waals surface area (Å²) in [6.07, 6.45) is 1.25. The molecule has 1 unspecified atom stereocenters. The lowest BCUT2D eigenvalue weighted by molar-refractivity contribution is 0.0924. The predicted molar refractivity (Wildman–Crippen MR) is 64.8 cm³/mol. The third-order valence-corrected chi connectivity index (χ3v) is 3.17. The Labute approximate surface area is 99.1 Å². The van der Waals surface area contributed by atoms with Gasteiger partial charge in [0.05, 0.1) is 13.2 Å². The van der Waals surface area contributed by atoms with Crippen LogP contribution in [0, 0.1) is 5.92 Å². The zero-order valence-electron chi connectivity index (χ0n) is 8.71. The molecule has 1 heterocycles. The molecule has 0 aromatic heterocycles. The third-order valence-electron chi connectivity index (χ3n) is 2.67. The van der Waals surface area contributed by atoms with E-state index in [2.05, 4.69) is 33.4 Å². The Balaban J connectivity index is 1.73. The van der Waals surface area contributed by atoms with Crippen molar-refractivity contribution >= 4 is 15.9 Å². The highest BCUT2D eigenvalue weighted by molar-refractivity contribution is 9.10. The van der Waals surface area contributed by atoms with Crippen molar-refractivity contribution in [2.24, 2.45) is 5.92 Å². The molecule has 2 rings (SSSR count). The Morgan fingerprint density at radius 3 is 3.13 bits per heavy atom. The van der Waals surface area contributed by atoms with E-state index in [0.29, 0.717) is 5.92 Å². The highest BCUT2D eigenvalue weighted by Gasteiger charge is 2.13. The predicted octanol–water partition coefficient (Wildman–Crippen LogP) is 2.58. The highest BCUT2D eigenvalue weighted by atomic mass is 79.9. The van der Waals surface area contributed by atoms with Gasteiger partial charge in [0.2, 0.25) is 0 Å². The molecule has 82 valence electrons. The summed E-state index contributed by atoms with van der Waals surface area (Å²) in [5.74, 6) is 0.706. The number of ether oxygens (including phenoxy) is 1. The molecule has 1 atom stereocenters. The Morgan fingerprint density at radius 1 is 1.47 bits per heavy atom. The summed E-state index contributed by atoms with van der Waals surface area (Å²) in [5.41, 5.74) is 1.23. The fourth-order valence-electron chi connectivity index (χ4n) is 1.83. The summed E-state index contributed by atoms with van der Waals surface area (Å²) in [4.78, 5) is 0. The van der Waals surface area contributed by atoms with E-state index in [9.17, 15) is 0 Å². The fourth-order valence-corrected chi connectivity index (χ4v) is 2.27. The van der Waals surface area contributed by atoms with Gasteiger partial charge in [-0.1, -0.05) is 28.1 Å². The van der Waals surface area contributed by atoms with Crippen LogP contribution in [0.15, 0.2) is 28.7 Å². The Morgan fingerprint density at radius 2 is 2.40 bits per heavy atom. The van der Waals surface area contributed by atoms with Crippen LogP contribution in [0.3, 0.4) is 0 Å². The van der Waals surface area contributed by atoms with Gasteiger partial charge in [-0.25, -0.2) is 0 Å². The standard InChI is InChI=1S/C12H16BrNO/c13-12-3-1-2-10(6-12)8-15-9-11-4-5-14-7-11/h1-3,6,11,14H,4-5,7-9H2. The monoisotopic (exact) mass is 269 g/mol. The van der Waals surface area contributed by atoms with E-state index in [-0.39, 0.29) is 0 Å². The van der Waals surface area contributed by atoms with Gasteiger partial charge >= 0.3 is 0 Å². The molecule has 1 N–H and O–H groups in total. The topological polar surface area (TPSA) is 21.3 Å². The van der Waals surface area contributed by atoms with Crippen LogP contribution < -0.4 is 5.32 Å². The van der Waals surface area contributed by atoms with Crippen molar-refractivity contribution in [3.63, 3.8) is 0 Å². The molecule has 2 nitrogen and oxygen atoms in total. The second-order valence-corrected chi connectivity index (χ2v) is 4.92. The molecule has 0 spiro atoms. The first kappa shape index (κ1) is 11.1. The van der Waals surface area contributed by atoms with E-state index >= 15 is 0 Å². The Kier molecular flexibility index (Phi) is 4.18. The molecule has 0 aliphatic carbocycles. The van der Waals surface area contributed by atoms with Crippen LogP contribution in [0.25, 0.3) is 0 Å². The fraction of sp³-hybridized carbons (Fsp3) is 0.500. The first-order valence-corrected chi connectivity index (χ1v) is 6.17. The summed E-state index contributed by atoms with van der Waals surface area (Å²) in [6.45, 7) is 3.85. The molecule has 0 amide bonds. The van der Waals surface area contributed by atoms with Crippen molar-refractivity contribution in [2.75, 3.05) is 19.7 Å². The van der Waals surface area contributed by atoms with Crippen LogP contribution in [-0.2, 0) is 11.3 Å². The summed E-state index contributed by atoms with van der Waals surface area (Å²) >= 11 is 3.45. The van der Waals surface area contributed by atoms with Gasteiger partial charge in [-0.2, -0.15) is 0 Å². The minimum atomic E-state index is 0.706. The Bertz CT molecular complexity index is 310. The number of nitrogens with one attached hydrogen (secondary N) is 1. The van der Waals surface area contributed by atoms with E-state index in [1.807, 2.05) is 12.1 Å². The van der Waals surface area contributed by atoms with Crippen LogP contribution in [0.4, 0.5) is 0 Å². The van der Waals surface area contributed by atoms with Gasteiger partial charge in [0, 0.05) is 11.0 Å². The maximum absolute atomic E-state index is 5.70. The lowest BCUT2D eigenvalue weighted by atomic mass is 10.1. The average Bonchev–Trinajstić information content (AvgIpc) is 2.71. The third kappa shape index (κ3) is 3.59. The number of rotatable bonds is 4. The lowest BCUT2D eigenvalue weighted by Crippen LogP contribution is -2.13. The van der Waals surface area contributed by atoms with E-state index in [0.717, 1.165) is 30.8 Å². The SMILES string of the molecule is Brc1cccc(COCC2CCNC2)c1. The van der Waals surface area contributed by atoms with Crippen molar-refractivity contribution < 1.29 is 4.74 Å². The van der Waals surface area contributed by atoms with Crippen LogP contribution in [0.1, 0.15) is 12.0 Å². The van der Waals surface area contributed by atoms with Gasteiger partial charge in [0.25, 0.3) is 0 Å². The van der Waals surface area contributed by atoms with E-state index in [4.69, 9.17) is 4.74 Å². The molecule has 1 aliphatic rings. The second-order valence-electron chi connectivity index (χ2n) is 4.00.